The summed E-state index contributed by atoms with van der Waals surface area (Å²) in [4.78, 5) is 13.3. The van der Waals surface area contributed by atoms with Gasteiger partial charge in [0.1, 0.15) is 5.75 Å². The molecule has 0 aliphatic carbocycles. The average Bonchev–Trinajstić information content (AvgIpc) is 2.38. The number of carbonyl (C=O) groups excluding carboxylic acids is 1. The molecule has 0 radical (unpaired) electrons. The Morgan fingerprint density at radius 1 is 1.37 bits per heavy atom. The normalized spacial score (nSPS) is 10.3. The van der Waals surface area contributed by atoms with Crippen LogP contribution in [-0.2, 0) is 4.79 Å². The topological polar surface area (TPSA) is 29.5 Å². The fraction of sp³-hybridized carbons (Fsp3) is 0.533. The first-order valence-electron chi connectivity index (χ1n) is 6.54. The molecule has 0 saturated carbocycles. The Hall–Kier alpha value is -1.03. The Balaban J connectivity index is 2.31. The molecule has 106 valence electrons. The third-order valence-electron chi connectivity index (χ3n) is 2.97. The molecule has 1 aromatic carbocycles. The maximum atomic E-state index is 11.6. The van der Waals surface area contributed by atoms with Crippen molar-refractivity contribution in [3.8, 4) is 5.75 Å². The summed E-state index contributed by atoms with van der Waals surface area (Å²) < 4.78 is 5.76. The van der Waals surface area contributed by atoms with Gasteiger partial charge in [0.25, 0.3) is 0 Å². The van der Waals surface area contributed by atoms with Crippen LogP contribution in [0.25, 0.3) is 0 Å². The van der Waals surface area contributed by atoms with Crippen LogP contribution in [-0.4, -0.2) is 36.3 Å². The summed E-state index contributed by atoms with van der Waals surface area (Å²) in [6.45, 7) is 5.46. The fourth-order valence-electron chi connectivity index (χ4n) is 1.74. The smallest absolute Gasteiger partial charge is 0.223 e. The molecule has 0 saturated heterocycles. The van der Waals surface area contributed by atoms with E-state index >= 15 is 0 Å². The molecule has 1 amide bonds. The Labute approximate surface area is 124 Å². The van der Waals surface area contributed by atoms with E-state index in [1.54, 1.807) is 4.90 Å². The lowest BCUT2D eigenvalue weighted by atomic mass is 10.1. The molecule has 19 heavy (non-hydrogen) atoms. The largest absolute Gasteiger partial charge is 0.493 e. The average molecular weight is 328 g/mol. The first-order valence-corrected chi connectivity index (χ1v) is 7.66. The Kier molecular flexibility index (Phi) is 6.92. The van der Waals surface area contributed by atoms with Gasteiger partial charge in [0, 0.05) is 25.3 Å². The van der Waals surface area contributed by atoms with Crippen molar-refractivity contribution < 1.29 is 9.53 Å². The second kappa shape index (κ2) is 8.20. The van der Waals surface area contributed by atoms with Crippen molar-refractivity contribution in [3.63, 3.8) is 0 Å². The van der Waals surface area contributed by atoms with Crippen molar-refractivity contribution in [1.82, 2.24) is 4.90 Å². The molecular formula is C15H22BrNO2. The van der Waals surface area contributed by atoms with Gasteiger partial charge in [0.2, 0.25) is 5.91 Å². The Morgan fingerprint density at radius 2 is 2.11 bits per heavy atom. The number of hydrogen-bond acceptors (Lipinski definition) is 2. The van der Waals surface area contributed by atoms with E-state index in [1.165, 1.54) is 5.56 Å². The number of halogens is 1. The number of nitrogens with zero attached hydrogens (tertiary/aromatic N) is 1. The lowest BCUT2D eigenvalue weighted by Gasteiger charge is -2.17. The van der Waals surface area contributed by atoms with Gasteiger partial charge in [-0.2, -0.15) is 0 Å². The highest BCUT2D eigenvalue weighted by Crippen LogP contribution is 2.19. The summed E-state index contributed by atoms with van der Waals surface area (Å²) in [7, 11) is 1.84. The van der Waals surface area contributed by atoms with Gasteiger partial charge in [-0.15, -0.1) is 0 Å². The van der Waals surface area contributed by atoms with Crippen LogP contribution in [0.1, 0.15) is 24.0 Å². The highest BCUT2D eigenvalue weighted by molar-refractivity contribution is 9.09. The highest BCUT2D eigenvalue weighted by atomic mass is 79.9. The second-order valence-electron chi connectivity index (χ2n) is 4.73. The van der Waals surface area contributed by atoms with E-state index in [2.05, 4.69) is 41.1 Å². The maximum absolute atomic E-state index is 11.6. The number of ether oxygens (including phenoxy) is 1. The zero-order valence-corrected chi connectivity index (χ0v) is 13.5. The van der Waals surface area contributed by atoms with E-state index in [0.29, 0.717) is 13.0 Å². The van der Waals surface area contributed by atoms with Crippen molar-refractivity contribution in [2.45, 2.75) is 26.7 Å². The summed E-state index contributed by atoms with van der Waals surface area (Å²) >= 11 is 3.27. The van der Waals surface area contributed by atoms with E-state index in [4.69, 9.17) is 4.74 Å². The predicted molar refractivity (Wildman–Crippen MR) is 82.1 cm³/mol. The number of aryl methyl sites for hydroxylation is 2. The third-order valence-corrected chi connectivity index (χ3v) is 3.37. The van der Waals surface area contributed by atoms with Crippen LogP contribution in [0.2, 0.25) is 0 Å². The summed E-state index contributed by atoms with van der Waals surface area (Å²) in [5.41, 5.74) is 2.35. The number of hydrogen-bond donors (Lipinski definition) is 0. The molecule has 0 spiro atoms. The standard InChI is InChI=1S/C15H22BrNO2/c1-12-5-6-13(2)14(11-12)19-10-4-9-17(3)15(18)7-8-16/h5-6,11H,4,7-10H2,1-3H3. The van der Waals surface area contributed by atoms with Gasteiger partial charge in [-0.05, 0) is 37.5 Å². The molecule has 4 heteroatoms. The first kappa shape index (κ1) is 16.0. The lowest BCUT2D eigenvalue weighted by Crippen LogP contribution is -2.28. The zero-order valence-electron chi connectivity index (χ0n) is 11.9. The molecule has 3 nitrogen and oxygen atoms in total. The highest BCUT2D eigenvalue weighted by Gasteiger charge is 2.07. The minimum Gasteiger partial charge on any atom is -0.493 e. The van der Waals surface area contributed by atoms with Crippen molar-refractivity contribution in [1.29, 1.82) is 0 Å². The van der Waals surface area contributed by atoms with Gasteiger partial charge >= 0.3 is 0 Å². The van der Waals surface area contributed by atoms with E-state index in [-0.39, 0.29) is 5.91 Å². The van der Waals surface area contributed by atoms with Gasteiger partial charge in [-0.1, -0.05) is 28.1 Å². The fourth-order valence-corrected chi connectivity index (χ4v) is 2.08. The van der Waals surface area contributed by atoms with Crippen LogP contribution in [0.5, 0.6) is 5.75 Å². The number of amides is 1. The van der Waals surface area contributed by atoms with E-state index in [1.807, 2.05) is 14.0 Å². The van der Waals surface area contributed by atoms with E-state index in [9.17, 15) is 4.79 Å². The molecule has 0 bridgehead atoms. The van der Waals surface area contributed by atoms with Gasteiger partial charge in [-0.3, -0.25) is 4.79 Å². The first-order chi connectivity index (χ1) is 9.04. The molecule has 0 unspecified atom stereocenters. The van der Waals surface area contributed by atoms with Gasteiger partial charge in [0.15, 0.2) is 0 Å². The van der Waals surface area contributed by atoms with Gasteiger partial charge in [0.05, 0.1) is 6.61 Å². The summed E-state index contributed by atoms with van der Waals surface area (Å²) in [5, 5.41) is 0.717. The van der Waals surface area contributed by atoms with Crippen molar-refractivity contribution in [3.05, 3.63) is 29.3 Å². The van der Waals surface area contributed by atoms with Gasteiger partial charge in [-0.25, -0.2) is 0 Å². The van der Waals surface area contributed by atoms with Crippen LogP contribution >= 0.6 is 15.9 Å². The van der Waals surface area contributed by atoms with Crippen LogP contribution in [0, 0.1) is 13.8 Å². The quantitative estimate of drug-likeness (QED) is 0.568. The van der Waals surface area contributed by atoms with Crippen molar-refractivity contribution >= 4 is 21.8 Å². The molecule has 0 N–H and O–H groups in total. The van der Waals surface area contributed by atoms with Crippen LogP contribution < -0.4 is 4.74 Å². The SMILES string of the molecule is Cc1ccc(C)c(OCCCN(C)C(=O)CCBr)c1. The summed E-state index contributed by atoms with van der Waals surface area (Å²) in [6, 6.07) is 6.19. The molecule has 0 aliphatic heterocycles. The molecule has 0 aliphatic rings. The Bertz CT molecular complexity index is 421. The minimum absolute atomic E-state index is 0.170. The summed E-state index contributed by atoms with van der Waals surface area (Å²) in [6.07, 6.45) is 1.40. The lowest BCUT2D eigenvalue weighted by molar-refractivity contribution is -0.129. The molecule has 1 aromatic rings. The van der Waals surface area contributed by atoms with E-state index < -0.39 is 0 Å². The molecule has 0 atom stereocenters. The molecular weight excluding hydrogens is 306 g/mol. The molecule has 0 fully saturated rings. The molecule has 1 rings (SSSR count). The van der Waals surface area contributed by atoms with E-state index in [0.717, 1.165) is 29.6 Å². The number of carbonyl (C=O) groups is 1. The number of rotatable bonds is 7. The van der Waals surface area contributed by atoms with Crippen LogP contribution in [0.3, 0.4) is 0 Å². The molecule has 0 heterocycles. The third kappa shape index (κ3) is 5.64. The number of alkyl halides is 1. The zero-order chi connectivity index (χ0) is 14.3. The minimum atomic E-state index is 0.170. The van der Waals surface area contributed by atoms with Crippen LogP contribution in [0.15, 0.2) is 18.2 Å². The maximum Gasteiger partial charge on any atom is 0.223 e. The summed E-state index contributed by atoms with van der Waals surface area (Å²) in [5.74, 6) is 1.11. The predicted octanol–water partition coefficient (Wildman–Crippen LogP) is 3.32. The van der Waals surface area contributed by atoms with Crippen molar-refractivity contribution in [2.24, 2.45) is 0 Å². The second-order valence-corrected chi connectivity index (χ2v) is 5.52. The van der Waals surface area contributed by atoms with Gasteiger partial charge < -0.3 is 9.64 Å². The van der Waals surface area contributed by atoms with Crippen molar-refractivity contribution in [2.75, 3.05) is 25.5 Å². The van der Waals surface area contributed by atoms with Crippen LogP contribution in [0.4, 0.5) is 0 Å². The monoisotopic (exact) mass is 327 g/mol. The molecule has 0 aromatic heterocycles. The Morgan fingerprint density at radius 3 is 2.79 bits per heavy atom. The number of benzene rings is 1.